The largest absolute Gasteiger partial charge is 0.370 e. The first-order valence-corrected chi connectivity index (χ1v) is 30.1. The van der Waals surface area contributed by atoms with Gasteiger partial charge in [0.05, 0.1) is 12.6 Å². The summed E-state index contributed by atoms with van der Waals surface area (Å²) in [6.07, 6.45) is 3.84. The van der Waals surface area contributed by atoms with Crippen LogP contribution in [0.1, 0.15) is 108 Å². The maximum Gasteiger partial charge on any atom is 0.245 e. The Bertz CT molecular complexity index is 2560. The van der Waals surface area contributed by atoms with E-state index in [2.05, 4.69) is 47.9 Å². The molecular weight excluding hydrogens is 1100 g/mol. The number of nitrogens with two attached hydrogens (primary N) is 4. The number of likely N-dealkylation sites (tertiary alicyclic amines) is 1. The third-order valence-corrected chi connectivity index (χ3v) is 14.9. The summed E-state index contributed by atoms with van der Waals surface area (Å²) in [6.45, 7) is 4.23. The van der Waals surface area contributed by atoms with Gasteiger partial charge in [0.15, 0.2) is 0 Å². The summed E-state index contributed by atoms with van der Waals surface area (Å²) in [5, 5.41) is 24.3. The molecule has 2 saturated heterocycles. The molecule has 0 radical (unpaired) electrons. The number of primary amides is 3. The predicted molar refractivity (Wildman–Crippen MR) is 314 cm³/mol. The monoisotopic (exact) mass is 1190 g/mol. The van der Waals surface area contributed by atoms with Crippen LogP contribution in [0.25, 0.3) is 0 Å². The summed E-state index contributed by atoms with van der Waals surface area (Å²) in [6, 6.07) is 6.57. The number of benzene rings is 2. The van der Waals surface area contributed by atoms with Crippen LogP contribution in [0.15, 0.2) is 60.7 Å². The third kappa shape index (κ3) is 23.9. The van der Waals surface area contributed by atoms with E-state index >= 15 is 0 Å². The van der Waals surface area contributed by atoms with Gasteiger partial charge < -0.3 is 75.7 Å². The van der Waals surface area contributed by atoms with Crippen LogP contribution in [0.3, 0.4) is 0 Å². The highest BCUT2D eigenvalue weighted by Gasteiger charge is 2.40. The van der Waals surface area contributed by atoms with Crippen molar-refractivity contribution in [3.8, 4) is 0 Å². The molecule has 0 spiro atoms. The van der Waals surface area contributed by atoms with Crippen molar-refractivity contribution in [3.05, 3.63) is 71.8 Å². The van der Waals surface area contributed by atoms with Crippen molar-refractivity contribution in [2.24, 2.45) is 28.9 Å². The van der Waals surface area contributed by atoms with E-state index in [-0.39, 0.29) is 63.3 Å². The van der Waals surface area contributed by atoms with Gasteiger partial charge in [-0.15, -0.1) is 0 Å². The minimum absolute atomic E-state index is 0.0811. The van der Waals surface area contributed by atoms with Crippen LogP contribution in [0.4, 0.5) is 0 Å². The Morgan fingerprint density at radius 2 is 1.11 bits per heavy atom. The first-order valence-electron chi connectivity index (χ1n) is 28.7. The Labute approximate surface area is 494 Å². The summed E-state index contributed by atoms with van der Waals surface area (Å²) in [5.74, 6) is -8.55. The molecule has 0 aromatic heterocycles. The summed E-state index contributed by atoms with van der Waals surface area (Å²) >= 11 is 1.46. The summed E-state index contributed by atoms with van der Waals surface area (Å²) in [4.78, 5) is 164. The molecule has 26 nitrogen and oxygen atoms in total. The van der Waals surface area contributed by atoms with Crippen molar-refractivity contribution in [1.29, 1.82) is 0 Å². The fourth-order valence-corrected chi connectivity index (χ4v) is 10.3. The Balaban J connectivity index is 1.56. The zero-order valence-electron chi connectivity index (χ0n) is 48.3. The van der Waals surface area contributed by atoms with E-state index in [0.717, 1.165) is 6.42 Å². The van der Waals surface area contributed by atoms with Gasteiger partial charge in [0.25, 0.3) is 0 Å². The van der Waals surface area contributed by atoms with Crippen molar-refractivity contribution in [2.75, 3.05) is 38.2 Å². The minimum atomic E-state index is -1.60. The molecule has 27 heteroatoms. The van der Waals surface area contributed by atoms with E-state index in [0.29, 0.717) is 55.7 Å². The first kappa shape index (κ1) is 68.8. The molecule has 9 atom stereocenters. The van der Waals surface area contributed by atoms with Gasteiger partial charge in [-0.3, -0.25) is 57.5 Å². The second kappa shape index (κ2) is 36.1. The molecule has 462 valence electrons. The lowest BCUT2D eigenvalue weighted by molar-refractivity contribution is -0.142. The average molecular weight is 1190 g/mol. The van der Waals surface area contributed by atoms with Crippen LogP contribution in [-0.2, 0) is 70.4 Å². The molecular formula is C57H86N14O12S. The Morgan fingerprint density at radius 3 is 1.63 bits per heavy atom. The first-order chi connectivity index (χ1) is 40.1. The van der Waals surface area contributed by atoms with Gasteiger partial charge in [-0.1, -0.05) is 74.5 Å². The van der Waals surface area contributed by atoms with Crippen molar-refractivity contribution >= 4 is 82.6 Å². The topological polar surface area (TPSA) is 420 Å². The average Bonchev–Trinajstić information content (AvgIpc) is 4.37. The highest BCUT2D eigenvalue weighted by molar-refractivity contribution is 7.98. The molecule has 2 heterocycles. The second-order valence-electron chi connectivity index (χ2n) is 21.5. The molecule has 4 rings (SSSR count). The Hall–Kier alpha value is -7.65. The van der Waals surface area contributed by atoms with Gasteiger partial charge in [-0.25, -0.2) is 0 Å². The molecule has 17 N–H and O–H groups in total. The molecule has 0 saturated carbocycles. The molecule has 0 bridgehead atoms. The highest BCUT2D eigenvalue weighted by Crippen LogP contribution is 2.21. The summed E-state index contributed by atoms with van der Waals surface area (Å²) < 4.78 is 0. The van der Waals surface area contributed by atoms with Crippen LogP contribution in [0, 0.1) is 5.92 Å². The van der Waals surface area contributed by atoms with E-state index in [4.69, 9.17) is 22.9 Å². The molecule has 0 aliphatic carbocycles. The van der Waals surface area contributed by atoms with E-state index in [1.54, 1.807) is 60.7 Å². The lowest BCUT2D eigenvalue weighted by Gasteiger charge is -2.30. The van der Waals surface area contributed by atoms with E-state index in [1.165, 1.54) is 16.7 Å². The van der Waals surface area contributed by atoms with Gasteiger partial charge in [-0.05, 0) is 113 Å². The SMILES string of the molecule is CSCC[C@H](NC(=O)[C@H](CC(C)C)NC(=O)CNC(=O)[C@H](Cc1ccccc1)NC(=O)[C@H](Cc1ccccc1)NC(=O)[C@H](CCC(N)=O)NC(=O)[C@H](CCC(N)=O)NC(=O)[C@@H]1CCCN1C(=O)[C@H](CCCCN)NC(=O)[C@@H]1CCCN1)C(N)=O. The van der Waals surface area contributed by atoms with E-state index in [1.807, 2.05) is 20.1 Å². The summed E-state index contributed by atoms with van der Waals surface area (Å²) in [5.41, 5.74) is 23.5. The maximum atomic E-state index is 14.6. The van der Waals surface area contributed by atoms with Crippen LogP contribution in [0.2, 0.25) is 0 Å². The second-order valence-corrected chi connectivity index (χ2v) is 22.5. The number of carbonyl (C=O) groups excluding carboxylic acids is 12. The van der Waals surface area contributed by atoms with Gasteiger partial charge in [0.2, 0.25) is 70.9 Å². The van der Waals surface area contributed by atoms with Gasteiger partial charge in [-0.2, -0.15) is 11.8 Å². The highest BCUT2D eigenvalue weighted by atomic mass is 32.2. The van der Waals surface area contributed by atoms with Crippen LogP contribution in [0.5, 0.6) is 0 Å². The van der Waals surface area contributed by atoms with Gasteiger partial charge in [0, 0.05) is 32.2 Å². The van der Waals surface area contributed by atoms with Gasteiger partial charge in [0.1, 0.15) is 48.3 Å². The van der Waals surface area contributed by atoms with Crippen LogP contribution in [-0.4, -0.2) is 168 Å². The zero-order valence-corrected chi connectivity index (χ0v) is 49.1. The maximum absolute atomic E-state index is 14.6. The molecule has 2 aliphatic heterocycles. The van der Waals surface area contributed by atoms with Crippen molar-refractivity contribution in [2.45, 2.75) is 165 Å². The number of nitrogens with zero attached hydrogens (tertiary/aromatic N) is 1. The quantitative estimate of drug-likeness (QED) is 0.0316. The number of thioether (sulfide) groups is 1. The normalized spacial score (nSPS) is 17.2. The molecule has 2 aliphatic rings. The predicted octanol–water partition coefficient (Wildman–Crippen LogP) is -2.33. The number of unbranched alkanes of at least 4 members (excludes halogenated alkanes) is 1. The molecule has 84 heavy (non-hydrogen) atoms. The van der Waals surface area contributed by atoms with Crippen molar-refractivity contribution in [3.63, 3.8) is 0 Å². The third-order valence-electron chi connectivity index (χ3n) is 14.3. The number of nitrogens with one attached hydrogen (secondary N) is 9. The molecule has 12 amide bonds. The van der Waals surface area contributed by atoms with Crippen LogP contribution < -0.4 is 70.8 Å². The molecule has 2 aromatic rings. The Kier molecular flexibility index (Phi) is 29.6. The minimum Gasteiger partial charge on any atom is -0.370 e. The fraction of sp³-hybridized carbons (Fsp3) is 0.579. The van der Waals surface area contributed by atoms with Crippen molar-refractivity contribution < 1.29 is 57.5 Å². The van der Waals surface area contributed by atoms with E-state index < -0.39 is 145 Å². The van der Waals surface area contributed by atoms with Crippen LogP contribution >= 0.6 is 11.8 Å². The lowest BCUT2D eigenvalue weighted by Crippen LogP contribution is -2.60. The lowest BCUT2D eigenvalue weighted by atomic mass is 10.0. The number of hydrogen-bond donors (Lipinski definition) is 13. The van der Waals surface area contributed by atoms with Gasteiger partial charge >= 0.3 is 0 Å². The number of rotatable bonds is 37. The van der Waals surface area contributed by atoms with Crippen molar-refractivity contribution in [1.82, 2.24) is 52.8 Å². The number of hydrogen-bond acceptors (Lipinski definition) is 15. The standard InChI is InChI=1S/C57H86N14O12S/c1-34(2)30-42(54(80)65-37(49(61)75)25-29-84-3)64-48(74)33-63-50(76)43(31-35-14-6-4-7-15-35)69-55(81)44(32-36-16-8-5-9-17-36)70-53(79)39(21-23-46(59)72)66-52(78)40(22-24-47(60)73)67-56(82)45-20-13-28-71(45)57(83)41(18-10-11-26-58)68-51(77)38-19-12-27-62-38/h4-9,14-17,34,37-45,62H,10-13,18-33,58H2,1-3H3,(H2,59,72)(H2,60,73)(H2,61,75)(H,63,76)(H,64,74)(H,65,80)(H,66,78)(H,67,82)(H,68,77)(H,69,81)(H,70,79)/t37-,38-,39-,40-,41-,42-,43-,44-,45-/m0/s1. The molecule has 0 unspecified atom stereocenters. The Morgan fingerprint density at radius 1 is 0.583 bits per heavy atom. The smallest absolute Gasteiger partial charge is 0.245 e. The molecule has 2 fully saturated rings. The number of carbonyl (C=O) groups is 12. The molecule has 2 aromatic carbocycles. The number of amides is 12. The zero-order chi connectivity index (χ0) is 61.7. The van der Waals surface area contributed by atoms with E-state index in [9.17, 15) is 57.5 Å². The fourth-order valence-electron chi connectivity index (χ4n) is 9.78. The summed E-state index contributed by atoms with van der Waals surface area (Å²) in [7, 11) is 0.